The molecule has 1 aromatic heterocycles. The Bertz CT molecular complexity index is 293. The minimum Gasteiger partial charge on any atom is -0.121 e. The van der Waals surface area contributed by atoms with Crippen molar-refractivity contribution in [3.05, 3.63) is 19.2 Å². The van der Waals surface area contributed by atoms with Crippen LogP contribution in [-0.4, -0.2) is 0 Å². The Morgan fingerprint density at radius 1 is 1.50 bits per heavy atom. The summed E-state index contributed by atoms with van der Waals surface area (Å²) in [7, 11) is 0. The monoisotopic (exact) mass is 328 g/mol. The summed E-state index contributed by atoms with van der Waals surface area (Å²) in [6, 6.07) is 2.12. The van der Waals surface area contributed by atoms with Crippen LogP contribution in [0.4, 0.5) is 0 Å². The second-order valence-electron chi connectivity index (χ2n) is 3.02. The predicted molar refractivity (Wildman–Crippen MR) is 61.0 cm³/mol. The smallest absolute Gasteiger partial charge is 0.0757 e. The summed E-state index contributed by atoms with van der Waals surface area (Å²) in [6.45, 7) is 0. The molecule has 1 aliphatic carbocycles. The van der Waals surface area contributed by atoms with Gasteiger partial charge in [-0.25, -0.2) is 0 Å². The van der Waals surface area contributed by atoms with Gasteiger partial charge < -0.3 is 0 Å². The van der Waals surface area contributed by atoms with Crippen LogP contribution >= 0.6 is 54.8 Å². The van der Waals surface area contributed by atoms with Gasteiger partial charge in [-0.05, 0) is 62.2 Å². The molecule has 0 spiro atoms. The minimum absolute atomic E-state index is 0.210. The molecular weight excluding hydrogens is 323 g/mol. The third kappa shape index (κ3) is 1.89. The maximum atomic E-state index is 6.28. The summed E-state index contributed by atoms with van der Waals surface area (Å²) in [5.41, 5.74) is 1.25. The van der Waals surface area contributed by atoms with Crippen molar-refractivity contribution >= 4 is 54.8 Å². The molecule has 0 nitrogen and oxygen atoms in total. The van der Waals surface area contributed by atoms with Gasteiger partial charge >= 0.3 is 0 Å². The number of thiophene rings is 1. The van der Waals surface area contributed by atoms with Crippen LogP contribution in [0.5, 0.6) is 0 Å². The molecular formula is C8H7Br2ClS. The molecule has 1 aliphatic rings. The number of halogens is 3. The van der Waals surface area contributed by atoms with Crippen molar-refractivity contribution < 1.29 is 0 Å². The first kappa shape index (κ1) is 9.50. The van der Waals surface area contributed by atoms with E-state index in [-0.39, 0.29) is 5.38 Å². The number of alkyl halides is 1. The molecule has 4 heteroatoms. The quantitative estimate of drug-likeness (QED) is 0.672. The van der Waals surface area contributed by atoms with Crippen molar-refractivity contribution in [3.8, 4) is 0 Å². The molecule has 0 N–H and O–H groups in total. The topological polar surface area (TPSA) is 0 Å². The van der Waals surface area contributed by atoms with Crippen LogP contribution in [0.15, 0.2) is 13.6 Å². The predicted octanol–water partition coefficient (Wildman–Crippen LogP) is 4.96. The molecule has 0 aromatic carbocycles. The van der Waals surface area contributed by atoms with E-state index in [1.165, 1.54) is 22.2 Å². The van der Waals surface area contributed by atoms with E-state index in [1.54, 1.807) is 11.3 Å². The van der Waals surface area contributed by atoms with Crippen LogP contribution in [0.3, 0.4) is 0 Å². The first-order valence-electron chi connectivity index (χ1n) is 3.77. The summed E-state index contributed by atoms with van der Waals surface area (Å²) >= 11 is 14.9. The molecule has 0 saturated heterocycles. The third-order valence-corrected chi connectivity index (χ3v) is 4.99. The molecule has 66 valence electrons. The van der Waals surface area contributed by atoms with Crippen molar-refractivity contribution in [3.63, 3.8) is 0 Å². The van der Waals surface area contributed by atoms with E-state index >= 15 is 0 Å². The Morgan fingerprint density at radius 2 is 2.17 bits per heavy atom. The first-order valence-corrected chi connectivity index (χ1v) is 6.61. The largest absolute Gasteiger partial charge is 0.121 e. The van der Waals surface area contributed by atoms with Crippen molar-refractivity contribution in [2.75, 3.05) is 0 Å². The molecule has 1 aromatic rings. The molecule has 1 saturated carbocycles. The van der Waals surface area contributed by atoms with Crippen LogP contribution in [0.2, 0.25) is 0 Å². The molecule has 0 aliphatic heterocycles. The van der Waals surface area contributed by atoms with Gasteiger partial charge in [0.15, 0.2) is 0 Å². The fourth-order valence-corrected chi connectivity index (χ4v) is 4.73. The van der Waals surface area contributed by atoms with E-state index in [1.807, 2.05) is 0 Å². The van der Waals surface area contributed by atoms with Gasteiger partial charge in [0.1, 0.15) is 0 Å². The standard InChI is InChI=1S/C8H7Br2ClS/c9-6-3-5(8(10)12-6)7(11)4-1-2-4/h3-4,7H,1-2H2. The SMILES string of the molecule is ClC(c1cc(Br)sc1Br)C1CC1. The number of hydrogen-bond acceptors (Lipinski definition) is 1. The van der Waals surface area contributed by atoms with Gasteiger partial charge in [-0.3, -0.25) is 0 Å². The maximum absolute atomic E-state index is 6.28. The Morgan fingerprint density at radius 3 is 2.58 bits per heavy atom. The highest BCUT2D eigenvalue weighted by Crippen LogP contribution is 2.49. The molecule has 12 heavy (non-hydrogen) atoms. The molecule has 0 amide bonds. The van der Waals surface area contributed by atoms with Gasteiger partial charge in [-0.1, -0.05) is 0 Å². The Labute approximate surface area is 97.6 Å². The van der Waals surface area contributed by atoms with Crippen molar-refractivity contribution in [2.45, 2.75) is 18.2 Å². The van der Waals surface area contributed by atoms with Crippen LogP contribution in [-0.2, 0) is 0 Å². The molecule has 1 atom stereocenters. The molecule has 1 unspecified atom stereocenters. The van der Waals surface area contributed by atoms with E-state index in [0.29, 0.717) is 5.92 Å². The van der Waals surface area contributed by atoms with E-state index in [9.17, 15) is 0 Å². The number of hydrogen-bond donors (Lipinski definition) is 0. The van der Waals surface area contributed by atoms with Gasteiger partial charge in [0.05, 0.1) is 12.9 Å². The lowest BCUT2D eigenvalue weighted by Crippen LogP contribution is -1.89. The van der Waals surface area contributed by atoms with Crippen LogP contribution in [0, 0.1) is 5.92 Å². The fourth-order valence-electron chi connectivity index (χ4n) is 1.18. The van der Waals surface area contributed by atoms with E-state index in [4.69, 9.17) is 11.6 Å². The zero-order valence-electron chi connectivity index (χ0n) is 6.19. The van der Waals surface area contributed by atoms with Crippen molar-refractivity contribution in [1.82, 2.24) is 0 Å². The van der Waals surface area contributed by atoms with E-state index < -0.39 is 0 Å². The highest BCUT2D eigenvalue weighted by atomic mass is 79.9. The average Bonchev–Trinajstić information content (AvgIpc) is 2.77. The zero-order chi connectivity index (χ0) is 8.72. The molecule has 2 rings (SSSR count). The lowest BCUT2D eigenvalue weighted by molar-refractivity contribution is 0.798. The summed E-state index contributed by atoms with van der Waals surface area (Å²) in [5, 5.41) is 0.210. The van der Waals surface area contributed by atoms with Gasteiger partial charge in [0.2, 0.25) is 0 Å². The highest BCUT2D eigenvalue weighted by Gasteiger charge is 2.32. The van der Waals surface area contributed by atoms with Crippen LogP contribution in [0.25, 0.3) is 0 Å². The van der Waals surface area contributed by atoms with Gasteiger partial charge in [-0.15, -0.1) is 22.9 Å². The average molecular weight is 330 g/mol. The van der Waals surface area contributed by atoms with Crippen molar-refractivity contribution in [2.24, 2.45) is 5.92 Å². The van der Waals surface area contributed by atoms with Gasteiger partial charge in [0, 0.05) is 0 Å². The molecule has 1 heterocycles. The molecule has 0 bridgehead atoms. The lowest BCUT2D eigenvalue weighted by atomic mass is 10.2. The van der Waals surface area contributed by atoms with Crippen molar-refractivity contribution in [1.29, 1.82) is 0 Å². The summed E-state index contributed by atoms with van der Waals surface area (Å²) in [4.78, 5) is 0. The first-order chi connectivity index (χ1) is 5.68. The fraction of sp³-hybridized carbons (Fsp3) is 0.500. The lowest BCUT2D eigenvalue weighted by Gasteiger charge is -2.04. The van der Waals surface area contributed by atoms with Crippen LogP contribution < -0.4 is 0 Å². The Balaban J connectivity index is 2.25. The summed E-state index contributed by atoms with van der Waals surface area (Å²) < 4.78 is 2.32. The summed E-state index contributed by atoms with van der Waals surface area (Å²) in [6.07, 6.45) is 2.57. The van der Waals surface area contributed by atoms with E-state index in [2.05, 4.69) is 37.9 Å². The Kier molecular flexibility index (Phi) is 2.85. The minimum atomic E-state index is 0.210. The number of rotatable bonds is 2. The zero-order valence-corrected chi connectivity index (χ0v) is 10.9. The highest BCUT2D eigenvalue weighted by molar-refractivity contribution is 9.12. The Hall–Kier alpha value is 0.950. The molecule has 1 fully saturated rings. The summed E-state index contributed by atoms with van der Waals surface area (Å²) in [5.74, 6) is 0.712. The maximum Gasteiger partial charge on any atom is 0.0757 e. The second-order valence-corrected chi connectivity index (χ2v) is 7.24. The van der Waals surface area contributed by atoms with Crippen LogP contribution in [0.1, 0.15) is 23.8 Å². The third-order valence-electron chi connectivity index (χ3n) is 2.02. The van der Waals surface area contributed by atoms with Gasteiger partial charge in [-0.2, -0.15) is 0 Å². The second kappa shape index (κ2) is 3.60. The normalized spacial score (nSPS) is 19.6. The van der Waals surface area contributed by atoms with E-state index in [0.717, 1.165) is 3.79 Å². The van der Waals surface area contributed by atoms with Gasteiger partial charge in [0.25, 0.3) is 0 Å². The molecule has 0 radical (unpaired) electrons.